The standard InChI is InChI=1S/C43H66F22O18.6CH4/c1-27(77-20-31(70)17-72-15-29(68)18-75-22-34(46,47)7-3-4-10-79-40(58,59)33(2,44)45)39(56,57)83-43(64,65)42(62,63)81-12-6-9-36(50,51)24-78-32(71)21-73-16-30(69)19-76-26-38(54,55)82-25-37(52,53)41(60,61)80-11-5-8-35(48,49)23-74-14-28(67)13-66;;;;;;/h27-32,66-71H,3-26H2,1-2H3;6*1H4. The summed E-state index contributed by atoms with van der Waals surface area (Å²) in [6.45, 7) is -21.3. The fourth-order valence-electron chi connectivity index (χ4n) is 5.38. The number of aliphatic hydroxyl groups is 6. The lowest BCUT2D eigenvalue weighted by Crippen LogP contribution is -2.52. The first-order chi connectivity index (χ1) is 37.7. The van der Waals surface area contributed by atoms with E-state index in [1.807, 2.05) is 0 Å². The van der Waals surface area contributed by atoms with E-state index in [4.69, 9.17) is 14.9 Å². The second-order valence-electron chi connectivity index (χ2n) is 18.2. The number of alkyl halides is 22. The minimum absolute atomic E-state index is 0. The van der Waals surface area contributed by atoms with E-state index >= 15 is 0 Å². The van der Waals surface area contributed by atoms with E-state index in [1.54, 1.807) is 0 Å². The van der Waals surface area contributed by atoms with Crippen LogP contribution in [0.2, 0.25) is 0 Å². The molecule has 0 aliphatic carbocycles. The fourth-order valence-corrected chi connectivity index (χ4v) is 5.38. The molecule has 0 heterocycles. The lowest BCUT2D eigenvalue weighted by Gasteiger charge is -2.31. The van der Waals surface area contributed by atoms with Crippen molar-refractivity contribution in [2.24, 2.45) is 0 Å². The zero-order chi connectivity index (χ0) is 64.4. The summed E-state index contributed by atoms with van der Waals surface area (Å²) in [5, 5.41) is 56.7. The molecule has 548 valence electrons. The highest BCUT2D eigenvalue weighted by atomic mass is 19.4. The van der Waals surface area contributed by atoms with Gasteiger partial charge in [-0.3, -0.25) is 0 Å². The summed E-state index contributed by atoms with van der Waals surface area (Å²) < 4.78 is 353. The Morgan fingerprint density at radius 1 is 0.360 bits per heavy atom. The van der Waals surface area contributed by atoms with E-state index in [0.29, 0.717) is 6.92 Å². The predicted octanol–water partition coefficient (Wildman–Crippen LogP) is 10.6. The second kappa shape index (κ2) is 44.4. The lowest BCUT2D eigenvalue weighted by atomic mass is 10.1. The van der Waals surface area contributed by atoms with Gasteiger partial charge in [-0.1, -0.05) is 44.6 Å². The highest BCUT2D eigenvalue weighted by Gasteiger charge is 2.65. The summed E-state index contributed by atoms with van der Waals surface area (Å²) >= 11 is 0. The molecule has 0 fully saturated rings. The lowest BCUT2D eigenvalue weighted by molar-refractivity contribution is -0.490. The van der Waals surface area contributed by atoms with Gasteiger partial charge in [0.05, 0.1) is 79.3 Å². The van der Waals surface area contributed by atoms with E-state index in [2.05, 4.69) is 52.1 Å². The summed E-state index contributed by atoms with van der Waals surface area (Å²) in [5.74, 6) is -21.3. The molecule has 0 saturated carbocycles. The van der Waals surface area contributed by atoms with Crippen molar-refractivity contribution in [3.63, 3.8) is 0 Å². The van der Waals surface area contributed by atoms with Crippen LogP contribution in [-0.2, 0) is 56.8 Å². The Hall–Kier alpha value is -2.26. The summed E-state index contributed by atoms with van der Waals surface area (Å²) in [4.78, 5) is 0. The van der Waals surface area contributed by atoms with Gasteiger partial charge < -0.3 is 82.7 Å². The van der Waals surface area contributed by atoms with Crippen LogP contribution < -0.4 is 0 Å². The Balaban J connectivity index is -0.00000224. The number of hydrogen-bond donors (Lipinski definition) is 6. The van der Waals surface area contributed by atoms with Gasteiger partial charge in [0.1, 0.15) is 63.6 Å². The molecule has 0 radical (unpaired) electrons. The number of hydrogen-bond acceptors (Lipinski definition) is 18. The average molecular weight is 1390 g/mol. The summed E-state index contributed by atoms with van der Waals surface area (Å²) in [6, 6.07) is 0. The molecular weight excluding hydrogens is 1290 g/mol. The summed E-state index contributed by atoms with van der Waals surface area (Å²) in [6.07, 6.45) is -51.4. The van der Waals surface area contributed by atoms with E-state index in [0.717, 1.165) is 0 Å². The highest BCUT2D eigenvalue weighted by molar-refractivity contribution is 4.79. The SMILES string of the molecule is C.C.C.C.C.C.CC(OCC(O)COCC(O)COCC(F)(F)CCCCOC(F)(F)C(C)(F)F)C(F)(F)OC(F)(F)C(F)(F)OCCCC(F)(F)COC(O)COCC(O)COCC(F)(F)OCC(F)(F)C(F)(F)OCCCC(F)(F)COCC(O)CO. The Morgan fingerprint density at radius 3 is 1.19 bits per heavy atom. The molecule has 40 heteroatoms. The van der Waals surface area contributed by atoms with Crippen LogP contribution >= 0.6 is 0 Å². The van der Waals surface area contributed by atoms with Gasteiger partial charge in [-0.2, -0.15) is 70.2 Å². The van der Waals surface area contributed by atoms with Crippen LogP contribution in [0.4, 0.5) is 96.6 Å². The van der Waals surface area contributed by atoms with E-state index in [-0.39, 0.29) is 51.5 Å². The molecule has 6 unspecified atom stereocenters. The van der Waals surface area contributed by atoms with E-state index < -0.39 is 260 Å². The Morgan fingerprint density at radius 2 is 0.730 bits per heavy atom. The Bertz CT molecular complexity index is 1740. The van der Waals surface area contributed by atoms with Crippen molar-refractivity contribution in [3.8, 4) is 0 Å². The number of rotatable bonds is 52. The monoisotopic (exact) mass is 1380 g/mol. The number of unbranched alkanes of at least 4 members (excludes halogenated alkanes) is 1. The largest absolute Gasteiger partial charge is 0.452 e. The van der Waals surface area contributed by atoms with Crippen LogP contribution in [0.25, 0.3) is 0 Å². The van der Waals surface area contributed by atoms with Gasteiger partial charge in [-0.25, -0.2) is 31.1 Å². The van der Waals surface area contributed by atoms with Gasteiger partial charge in [0.25, 0.3) is 17.8 Å². The predicted molar refractivity (Wildman–Crippen MR) is 270 cm³/mol. The molecule has 0 rings (SSSR count). The fraction of sp³-hybridized carbons (Fsp3) is 1.00. The third-order valence-electron chi connectivity index (χ3n) is 9.89. The molecular formula is C49H90F22O18. The van der Waals surface area contributed by atoms with E-state index in [9.17, 15) is 117 Å². The maximum Gasteiger partial charge on any atom is 0.452 e. The third-order valence-corrected chi connectivity index (χ3v) is 9.89. The van der Waals surface area contributed by atoms with Crippen LogP contribution in [0.15, 0.2) is 0 Å². The van der Waals surface area contributed by atoms with Crippen LogP contribution in [0, 0.1) is 0 Å². The zero-order valence-corrected chi connectivity index (χ0v) is 43.8. The van der Waals surface area contributed by atoms with Crippen molar-refractivity contribution in [2.45, 2.75) is 206 Å². The van der Waals surface area contributed by atoms with Crippen LogP contribution in [0.1, 0.15) is 103 Å². The molecule has 0 bridgehead atoms. The number of ether oxygens (including phenoxy) is 12. The van der Waals surface area contributed by atoms with Crippen molar-refractivity contribution in [2.75, 3.05) is 112 Å². The smallest absolute Gasteiger partial charge is 0.394 e. The molecule has 18 nitrogen and oxygen atoms in total. The van der Waals surface area contributed by atoms with Gasteiger partial charge in [0.2, 0.25) is 0 Å². The molecule has 0 aromatic rings. The van der Waals surface area contributed by atoms with Crippen LogP contribution in [-0.4, -0.2) is 246 Å². The van der Waals surface area contributed by atoms with E-state index in [1.165, 1.54) is 0 Å². The van der Waals surface area contributed by atoms with Crippen LogP contribution in [0.3, 0.4) is 0 Å². The minimum atomic E-state index is -6.19. The van der Waals surface area contributed by atoms with Crippen molar-refractivity contribution < 1.29 is 184 Å². The number of aliphatic hydroxyl groups excluding tert-OH is 6. The van der Waals surface area contributed by atoms with Crippen molar-refractivity contribution in [3.05, 3.63) is 0 Å². The first kappa shape index (κ1) is 100. The van der Waals surface area contributed by atoms with Gasteiger partial charge in [-0.05, 0) is 32.6 Å². The molecule has 0 aliphatic rings. The molecule has 0 aromatic heterocycles. The van der Waals surface area contributed by atoms with Gasteiger partial charge in [0, 0.05) is 26.2 Å². The third kappa shape index (κ3) is 43.4. The molecule has 0 amide bonds. The highest BCUT2D eigenvalue weighted by Crippen LogP contribution is 2.43. The first-order valence-corrected chi connectivity index (χ1v) is 24.2. The quantitative estimate of drug-likeness (QED) is 0.0189. The summed E-state index contributed by atoms with van der Waals surface area (Å²) in [5.41, 5.74) is 0. The molecule has 6 N–H and O–H groups in total. The Kier molecular flexibility index (Phi) is 50.0. The van der Waals surface area contributed by atoms with Gasteiger partial charge >= 0.3 is 48.5 Å². The normalized spacial score (nSPS) is 15.4. The maximum atomic E-state index is 14.4. The van der Waals surface area contributed by atoms with Crippen molar-refractivity contribution in [1.29, 1.82) is 0 Å². The van der Waals surface area contributed by atoms with Crippen LogP contribution in [0.5, 0.6) is 0 Å². The first-order valence-electron chi connectivity index (χ1n) is 24.2. The molecule has 89 heavy (non-hydrogen) atoms. The Labute approximate surface area is 502 Å². The van der Waals surface area contributed by atoms with Crippen molar-refractivity contribution in [1.82, 2.24) is 0 Å². The van der Waals surface area contributed by atoms with Crippen molar-refractivity contribution >= 4 is 0 Å². The molecule has 6 atom stereocenters. The summed E-state index contributed by atoms with van der Waals surface area (Å²) in [7, 11) is 0. The van der Waals surface area contributed by atoms with Gasteiger partial charge in [0.15, 0.2) is 6.29 Å². The molecule has 0 aliphatic heterocycles. The average Bonchev–Trinajstić information content (AvgIpc) is 3.33. The maximum absolute atomic E-state index is 14.4. The molecule has 0 spiro atoms. The number of halogens is 22. The molecule has 0 aromatic carbocycles. The van der Waals surface area contributed by atoms with Gasteiger partial charge in [-0.15, -0.1) is 0 Å². The second-order valence-corrected chi connectivity index (χ2v) is 18.2. The molecule has 0 saturated heterocycles. The zero-order valence-electron chi connectivity index (χ0n) is 43.8. The topological polar surface area (TPSA) is 232 Å². The minimum Gasteiger partial charge on any atom is -0.394 e.